The van der Waals surface area contributed by atoms with Crippen LogP contribution in [-0.2, 0) is 9.47 Å². The van der Waals surface area contributed by atoms with Gasteiger partial charge >= 0.3 is 0 Å². The van der Waals surface area contributed by atoms with Crippen molar-refractivity contribution in [3.8, 4) is 10.6 Å². The van der Waals surface area contributed by atoms with E-state index in [1.54, 1.807) is 6.20 Å². The zero-order chi connectivity index (χ0) is 12.4. The molecule has 92 valence electrons. The second kappa shape index (κ2) is 4.66. The molecule has 0 bridgehead atoms. The predicted octanol–water partition coefficient (Wildman–Crippen LogP) is 2.73. The highest BCUT2D eigenvalue weighted by atomic mass is 32.1. The summed E-state index contributed by atoms with van der Waals surface area (Å²) in [6.45, 7) is 2.22. The quantitative estimate of drug-likeness (QED) is 0.920. The molecular weight excluding hydrogens is 250 g/mol. The Labute approximate surface area is 108 Å². The van der Waals surface area contributed by atoms with Gasteiger partial charge in [-0.3, -0.25) is 10.3 Å². The lowest BCUT2D eigenvalue weighted by molar-refractivity contribution is 0.0823. The number of pyridine rings is 1. The zero-order valence-electron chi connectivity index (χ0n) is 9.71. The summed E-state index contributed by atoms with van der Waals surface area (Å²) in [5, 5.41) is 3.79. The molecule has 0 unspecified atom stereocenters. The maximum absolute atomic E-state index is 5.17. The van der Waals surface area contributed by atoms with Gasteiger partial charge in [0.1, 0.15) is 6.26 Å². The van der Waals surface area contributed by atoms with Crippen molar-refractivity contribution in [3.63, 3.8) is 0 Å². The van der Waals surface area contributed by atoms with Crippen LogP contribution in [0.2, 0.25) is 0 Å². The van der Waals surface area contributed by atoms with E-state index in [-0.39, 0.29) is 6.79 Å². The third-order valence-corrected chi connectivity index (χ3v) is 3.28. The fourth-order valence-corrected chi connectivity index (χ4v) is 2.33. The van der Waals surface area contributed by atoms with Crippen molar-refractivity contribution < 1.29 is 9.47 Å². The summed E-state index contributed by atoms with van der Waals surface area (Å²) < 4.78 is 10.1. The fraction of sp³-hybridized carbons (Fsp3) is 0.167. The Bertz CT molecular complexity index is 595. The van der Waals surface area contributed by atoms with Gasteiger partial charge in [0.25, 0.3) is 0 Å². The lowest BCUT2D eigenvalue weighted by Gasteiger charge is -2.00. The Morgan fingerprint density at radius 2 is 2.33 bits per heavy atom. The van der Waals surface area contributed by atoms with Gasteiger partial charge in [0.15, 0.2) is 5.13 Å². The molecule has 1 aliphatic heterocycles. The Kier molecular flexibility index (Phi) is 2.85. The highest BCUT2D eigenvalue weighted by Crippen LogP contribution is 2.28. The fourth-order valence-electron chi connectivity index (χ4n) is 1.54. The van der Waals surface area contributed by atoms with Crippen LogP contribution in [0.1, 0.15) is 5.69 Å². The van der Waals surface area contributed by atoms with Gasteiger partial charge in [-0.1, -0.05) is 17.4 Å². The van der Waals surface area contributed by atoms with Crippen molar-refractivity contribution in [2.75, 3.05) is 12.1 Å². The van der Waals surface area contributed by atoms with E-state index in [2.05, 4.69) is 15.3 Å². The Hall–Kier alpha value is -2.08. The third-order valence-electron chi connectivity index (χ3n) is 2.35. The van der Waals surface area contributed by atoms with Crippen molar-refractivity contribution in [2.24, 2.45) is 0 Å². The molecule has 1 aliphatic rings. The molecule has 0 spiro atoms. The number of rotatable bonds is 3. The van der Waals surface area contributed by atoms with E-state index in [0.717, 1.165) is 21.4 Å². The summed E-state index contributed by atoms with van der Waals surface area (Å²) in [7, 11) is 0. The number of aryl methyl sites for hydroxylation is 1. The minimum absolute atomic E-state index is 0.250. The molecule has 2 aromatic heterocycles. The molecule has 0 aliphatic carbocycles. The first-order valence-corrected chi connectivity index (χ1v) is 6.24. The van der Waals surface area contributed by atoms with E-state index in [1.165, 1.54) is 17.6 Å². The molecule has 0 saturated carbocycles. The first kappa shape index (κ1) is 11.0. The van der Waals surface area contributed by atoms with Crippen LogP contribution in [0.25, 0.3) is 10.6 Å². The van der Waals surface area contributed by atoms with Crippen LogP contribution < -0.4 is 5.32 Å². The van der Waals surface area contributed by atoms with Crippen LogP contribution in [0.4, 0.5) is 5.13 Å². The van der Waals surface area contributed by atoms with Crippen LogP contribution in [0, 0.1) is 6.92 Å². The van der Waals surface area contributed by atoms with Crippen LogP contribution in [-0.4, -0.2) is 16.8 Å². The second-order valence-corrected chi connectivity index (χ2v) is 4.76. The van der Waals surface area contributed by atoms with Gasteiger partial charge in [0, 0.05) is 11.9 Å². The number of ether oxygens (including phenoxy) is 2. The zero-order valence-corrected chi connectivity index (χ0v) is 10.5. The summed E-state index contributed by atoms with van der Waals surface area (Å²) in [6, 6.07) is 5.93. The van der Waals surface area contributed by atoms with Gasteiger partial charge < -0.3 is 9.47 Å². The molecule has 5 nitrogen and oxygen atoms in total. The van der Waals surface area contributed by atoms with Gasteiger partial charge in [-0.05, 0) is 19.1 Å². The Balaban J connectivity index is 1.80. The second-order valence-electron chi connectivity index (χ2n) is 3.73. The largest absolute Gasteiger partial charge is 0.459 e. The van der Waals surface area contributed by atoms with Gasteiger partial charge in [0.05, 0.1) is 10.6 Å². The van der Waals surface area contributed by atoms with Gasteiger partial charge in [0.2, 0.25) is 12.7 Å². The standard InChI is InChI=1S/C12H11N3O2S/c1-8-3-2-4-9(14-8)10-5-13-12(18-10)15-11-6-16-7-17-11/h2-6H,7H2,1H3,(H,13,15). The molecule has 3 rings (SSSR count). The average Bonchev–Trinajstić information content (AvgIpc) is 3.01. The molecule has 0 saturated heterocycles. The monoisotopic (exact) mass is 261 g/mol. The van der Waals surface area contributed by atoms with E-state index >= 15 is 0 Å². The summed E-state index contributed by atoms with van der Waals surface area (Å²) in [4.78, 5) is 9.75. The van der Waals surface area contributed by atoms with E-state index in [4.69, 9.17) is 9.47 Å². The third kappa shape index (κ3) is 2.28. The predicted molar refractivity (Wildman–Crippen MR) is 68.8 cm³/mol. The smallest absolute Gasteiger partial charge is 0.232 e. The molecule has 0 fully saturated rings. The topological polar surface area (TPSA) is 56.3 Å². The highest BCUT2D eigenvalue weighted by molar-refractivity contribution is 7.18. The number of nitrogens with zero attached hydrogens (tertiary/aromatic N) is 2. The molecule has 0 atom stereocenters. The number of hydrogen-bond donors (Lipinski definition) is 1. The van der Waals surface area contributed by atoms with E-state index in [0.29, 0.717) is 5.88 Å². The molecule has 3 heterocycles. The summed E-state index contributed by atoms with van der Waals surface area (Å²) in [5.74, 6) is 0.577. The summed E-state index contributed by atoms with van der Waals surface area (Å²) in [5.41, 5.74) is 1.92. The number of thiazole rings is 1. The lowest BCUT2D eigenvalue weighted by atomic mass is 10.3. The van der Waals surface area contributed by atoms with Gasteiger partial charge in [-0.25, -0.2) is 4.98 Å². The number of hydrogen-bond acceptors (Lipinski definition) is 6. The first-order valence-electron chi connectivity index (χ1n) is 5.43. The highest BCUT2D eigenvalue weighted by Gasteiger charge is 2.10. The van der Waals surface area contributed by atoms with Gasteiger partial charge in [-0.15, -0.1) is 0 Å². The summed E-state index contributed by atoms with van der Waals surface area (Å²) in [6.07, 6.45) is 3.33. The van der Waals surface area contributed by atoms with E-state index in [1.807, 2.05) is 25.1 Å². The van der Waals surface area contributed by atoms with Crippen molar-refractivity contribution >= 4 is 16.5 Å². The van der Waals surface area contributed by atoms with Crippen LogP contribution in [0.3, 0.4) is 0 Å². The van der Waals surface area contributed by atoms with Crippen molar-refractivity contribution in [3.05, 3.63) is 42.2 Å². The minimum Gasteiger partial charge on any atom is -0.459 e. The SMILES string of the molecule is Cc1cccc(-c2cnc(NC3=COCO3)s2)n1. The normalized spacial score (nSPS) is 13.7. The summed E-state index contributed by atoms with van der Waals surface area (Å²) >= 11 is 1.52. The molecule has 0 amide bonds. The molecular formula is C12H11N3O2S. The number of anilines is 1. The average molecular weight is 261 g/mol. The minimum atomic E-state index is 0.250. The molecule has 2 aromatic rings. The molecule has 6 heteroatoms. The number of aromatic nitrogens is 2. The maximum atomic E-state index is 5.17. The van der Waals surface area contributed by atoms with Gasteiger partial charge in [-0.2, -0.15) is 0 Å². The van der Waals surface area contributed by atoms with E-state index in [9.17, 15) is 0 Å². The van der Waals surface area contributed by atoms with Crippen molar-refractivity contribution in [1.29, 1.82) is 0 Å². The Morgan fingerprint density at radius 3 is 3.11 bits per heavy atom. The Morgan fingerprint density at radius 1 is 1.39 bits per heavy atom. The molecule has 1 N–H and O–H groups in total. The van der Waals surface area contributed by atoms with Crippen LogP contribution in [0.5, 0.6) is 0 Å². The van der Waals surface area contributed by atoms with Crippen molar-refractivity contribution in [2.45, 2.75) is 6.92 Å². The maximum Gasteiger partial charge on any atom is 0.232 e. The van der Waals surface area contributed by atoms with Crippen LogP contribution in [0.15, 0.2) is 36.5 Å². The lowest BCUT2D eigenvalue weighted by Crippen LogP contribution is -1.98. The van der Waals surface area contributed by atoms with Crippen molar-refractivity contribution in [1.82, 2.24) is 9.97 Å². The molecule has 0 aromatic carbocycles. The van der Waals surface area contributed by atoms with Crippen LogP contribution >= 0.6 is 11.3 Å². The molecule has 0 radical (unpaired) electrons. The number of nitrogens with one attached hydrogen (secondary N) is 1. The van der Waals surface area contributed by atoms with E-state index < -0.39 is 0 Å². The molecule has 18 heavy (non-hydrogen) atoms. The first-order chi connectivity index (χ1) is 8.81.